The molecular weight excluding hydrogens is 392 g/mol. The predicted octanol–water partition coefficient (Wildman–Crippen LogP) is 5.06. The minimum Gasteiger partial charge on any atom is -0.496 e. The van der Waals surface area contributed by atoms with Crippen LogP contribution in [0.4, 0.5) is 5.69 Å². The number of methoxy groups -OCH3 is 1. The second kappa shape index (κ2) is 8.69. The van der Waals surface area contributed by atoms with Crippen LogP contribution in [0.3, 0.4) is 0 Å². The molecule has 0 unspecified atom stereocenters. The largest absolute Gasteiger partial charge is 0.496 e. The van der Waals surface area contributed by atoms with Crippen molar-refractivity contribution in [2.24, 2.45) is 0 Å². The summed E-state index contributed by atoms with van der Waals surface area (Å²) in [7, 11) is 1.64. The molecule has 140 valence electrons. The molecular formula is C21H27BrN2O2. The number of benzene rings is 2. The number of halogens is 1. The number of anilines is 1. The van der Waals surface area contributed by atoms with E-state index in [9.17, 15) is 4.79 Å². The molecule has 0 aromatic heterocycles. The van der Waals surface area contributed by atoms with E-state index < -0.39 is 0 Å². The molecule has 0 bridgehead atoms. The van der Waals surface area contributed by atoms with E-state index in [-0.39, 0.29) is 18.0 Å². The number of nitrogens with one attached hydrogen (secondary N) is 2. The Bertz CT molecular complexity index is 782. The lowest BCUT2D eigenvalue weighted by atomic mass is 10.0. The lowest BCUT2D eigenvalue weighted by Gasteiger charge is -2.22. The fourth-order valence-electron chi connectivity index (χ4n) is 3.11. The first-order chi connectivity index (χ1) is 12.2. The van der Waals surface area contributed by atoms with E-state index in [0.717, 1.165) is 32.6 Å². The maximum Gasteiger partial charge on any atom is 0.241 e. The maximum absolute atomic E-state index is 12.6. The van der Waals surface area contributed by atoms with Crippen LogP contribution >= 0.6 is 15.9 Å². The number of hydrogen-bond acceptors (Lipinski definition) is 3. The van der Waals surface area contributed by atoms with E-state index in [0.29, 0.717) is 0 Å². The van der Waals surface area contributed by atoms with Crippen molar-refractivity contribution in [1.82, 2.24) is 5.32 Å². The standard InChI is InChI=1S/C21H27BrN2O2/c1-12-9-13(2)20(14(3)10-12)24-21(25)16(5)23-15(4)17-7-8-19(26-6)18(22)11-17/h7-11,15-16,23H,1-6H3,(H,24,25)/t15-,16+/m0/s1. The molecule has 0 saturated heterocycles. The van der Waals surface area contributed by atoms with Crippen LogP contribution in [0.5, 0.6) is 5.75 Å². The molecule has 0 heterocycles. The highest BCUT2D eigenvalue weighted by Crippen LogP contribution is 2.28. The van der Waals surface area contributed by atoms with E-state index in [1.165, 1.54) is 5.56 Å². The molecule has 0 spiro atoms. The summed E-state index contributed by atoms with van der Waals surface area (Å²) in [6, 6.07) is 9.79. The number of hydrogen-bond donors (Lipinski definition) is 2. The van der Waals surface area contributed by atoms with Gasteiger partial charge in [-0.1, -0.05) is 23.8 Å². The molecule has 0 fully saturated rings. The van der Waals surface area contributed by atoms with Crippen molar-refractivity contribution >= 4 is 27.5 Å². The summed E-state index contributed by atoms with van der Waals surface area (Å²) in [5, 5.41) is 6.42. The summed E-state index contributed by atoms with van der Waals surface area (Å²) >= 11 is 3.50. The zero-order chi connectivity index (χ0) is 19.4. The number of ether oxygens (including phenoxy) is 1. The molecule has 2 rings (SSSR count). The van der Waals surface area contributed by atoms with E-state index >= 15 is 0 Å². The minimum absolute atomic E-state index is 0.0261. The third-order valence-corrected chi connectivity index (χ3v) is 5.11. The van der Waals surface area contributed by atoms with Crippen LogP contribution in [-0.4, -0.2) is 19.1 Å². The molecule has 2 aromatic rings. The third kappa shape index (κ3) is 4.86. The van der Waals surface area contributed by atoms with Gasteiger partial charge in [0.15, 0.2) is 0 Å². The number of carbonyl (C=O) groups is 1. The van der Waals surface area contributed by atoms with Gasteiger partial charge in [0.1, 0.15) is 5.75 Å². The average Bonchev–Trinajstić information content (AvgIpc) is 2.57. The first-order valence-electron chi connectivity index (χ1n) is 8.71. The van der Waals surface area contributed by atoms with Crippen LogP contribution in [0.15, 0.2) is 34.8 Å². The number of aryl methyl sites for hydroxylation is 3. The average molecular weight is 419 g/mol. The first-order valence-corrected chi connectivity index (χ1v) is 9.50. The fraction of sp³-hybridized carbons (Fsp3) is 0.381. The van der Waals surface area contributed by atoms with Gasteiger partial charge in [0.2, 0.25) is 5.91 Å². The van der Waals surface area contributed by atoms with Crippen LogP contribution in [0.25, 0.3) is 0 Å². The molecule has 0 aliphatic heterocycles. The summed E-state index contributed by atoms with van der Waals surface area (Å²) in [5.74, 6) is 0.747. The van der Waals surface area contributed by atoms with E-state index in [4.69, 9.17) is 4.74 Å². The summed E-state index contributed by atoms with van der Waals surface area (Å²) in [5.41, 5.74) is 5.34. The van der Waals surface area contributed by atoms with Crippen molar-refractivity contribution in [3.63, 3.8) is 0 Å². The molecule has 2 aromatic carbocycles. The second-order valence-corrected chi connectivity index (χ2v) is 7.62. The zero-order valence-corrected chi connectivity index (χ0v) is 17.8. The molecule has 0 saturated carbocycles. The molecule has 0 radical (unpaired) electrons. The molecule has 0 aliphatic rings. The topological polar surface area (TPSA) is 50.4 Å². The van der Waals surface area contributed by atoms with E-state index in [2.05, 4.69) is 45.6 Å². The SMILES string of the molecule is COc1ccc([C@H](C)N[C@H](C)C(=O)Nc2c(C)cc(C)cc2C)cc1Br. The lowest BCUT2D eigenvalue weighted by Crippen LogP contribution is -2.39. The molecule has 0 aliphatic carbocycles. The van der Waals surface area contributed by atoms with Gasteiger partial charge in [-0.05, 0) is 79.4 Å². The molecule has 1 amide bonds. The van der Waals surface area contributed by atoms with Gasteiger partial charge in [-0.25, -0.2) is 0 Å². The molecule has 5 heteroatoms. The van der Waals surface area contributed by atoms with E-state index in [1.807, 2.05) is 45.9 Å². The van der Waals surface area contributed by atoms with Gasteiger partial charge in [-0.2, -0.15) is 0 Å². The molecule has 2 atom stereocenters. The van der Waals surface area contributed by atoms with Crippen LogP contribution in [0, 0.1) is 20.8 Å². The van der Waals surface area contributed by atoms with Crippen molar-refractivity contribution in [1.29, 1.82) is 0 Å². The van der Waals surface area contributed by atoms with Crippen LogP contribution < -0.4 is 15.4 Å². The van der Waals surface area contributed by atoms with Crippen molar-refractivity contribution < 1.29 is 9.53 Å². The van der Waals surface area contributed by atoms with E-state index in [1.54, 1.807) is 7.11 Å². The Morgan fingerprint density at radius 1 is 1.08 bits per heavy atom. The number of carbonyl (C=O) groups excluding carboxylic acids is 1. The van der Waals surface area contributed by atoms with Crippen molar-refractivity contribution in [3.8, 4) is 5.75 Å². The van der Waals surface area contributed by atoms with Gasteiger partial charge >= 0.3 is 0 Å². The Morgan fingerprint density at radius 2 is 1.69 bits per heavy atom. The van der Waals surface area contributed by atoms with Gasteiger partial charge in [0, 0.05) is 11.7 Å². The zero-order valence-electron chi connectivity index (χ0n) is 16.2. The monoisotopic (exact) mass is 418 g/mol. The van der Waals surface area contributed by atoms with Gasteiger partial charge < -0.3 is 10.1 Å². The predicted molar refractivity (Wildman–Crippen MR) is 111 cm³/mol. The molecule has 4 nitrogen and oxygen atoms in total. The van der Waals surface area contributed by atoms with Crippen molar-refractivity contribution in [3.05, 3.63) is 57.1 Å². The Balaban J connectivity index is 2.06. The van der Waals surface area contributed by atoms with Crippen LogP contribution in [0.2, 0.25) is 0 Å². The smallest absolute Gasteiger partial charge is 0.241 e. The second-order valence-electron chi connectivity index (χ2n) is 6.77. The summed E-state index contributed by atoms with van der Waals surface area (Å²) in [4.78, 5) is 12.6. The maximum atomic E-state index is 12.6. The van der Waals surface area contributed by atoms with Gasteiger partial charge in [0.05, 0.1) is 17.6 Å². The minimum atomic E-state index is -0.328. The van der Waals surface area contributed by atoms with Gasteiger partial charge in [0.25, 0.3) is 0 Å². The van der Waals surface area contributed by atoms with Crippen LogP contribution in [-0.2, 0) is 4.79 Å². The quantitative estimate of drug-likeness (QED) is 0.688. The highest BCUT2D eigenvalue weighted by molar-refractivity contribution is 9.10. The Labute approximate surface area is 164 Å². The van der Waals surface area contributed by atoms with Gasteiger partial charge in [-0.15, -0.1) is 0 Å². The Morgan fingerprint density at radius 3 is 2.23 bits per heavy atom. The van der Waals surface area contributed by atoms with Crippen molar-refractivity contribution in [2.75, 3.05) is 12.4 Å². The van der Waals surface area contributed by atoms with Crippen LogP contribution in [0.1, 0.15) is 42.1 Å². The molecule has 2 N–H and O–H groups in total. The van der Waals surface area contributed by atoms with Gasteiger partial charge in [-0.3, -0.25) is 10.1 Å². The number of rotatable bonds is 6. The normalized spacial score (nSPS) is 13.2. The number of amides is 1. The highest BCUT2D eigenvalue weighted by Gasteiger charge is 2.18. The fourth-order valence-corrected chi connectivity index (χ4v) is 3.67. The first kappa shape index (κ1) is 20.5. The third-order valence-electron chi connectivity index (χ3n) is 4.49. The Kier molecular flexibility index (Phi) is 6.84. The summed E-state index contributed by atoms with van der Waals surface area (Å²) < 4.78 is 6.16. The van der Waals surface area contributed by atoms with Crippen molar-refractivity contribution in [2.45, 2.75) is 46.7 Å². The Hall–Kier alpha value is -1.85. The summed E-state index contributed by atoms with van der Waals surface area (Å²) in [6.07, 6.45) is 0. The molecule has 26 heavy (non-hydrogen) atoms. The lowest BCUT2D eigenvalue weighted by molar-refractivity contribution is -0.117. The highest BCUT2D eigenvalue weighted by atomic mass is 79.9. The summed E-state index contributed by atoms with van der Waals surface area (Å²) in [6.45, 7) is 10.0.